The van der Waals surface area contributed by atoms with E-state index in [1.807, 2.05) is 24.3 Å². The Hall–Kier alpha value is -3.86. The van der Waals surface area contributed by atoms with Gasteiger partial charge in [0.1, 0.15) is 17.2 Å². The largest absolute Gasteiger partial charge is 0.494 e. The van der Waals surface area contributed by atoms with Gasteiger partial charge in [-0.05, 0) is 85.1 Å². The van der Waals surface area contributed by atoms with Gasteiger partial charge in [-0.2, -0.15) is 0 Å². The molecule has 0 spiro atoms. The minimum absolute atomic E-state index is 0.128. The number of unbranched alkanes of at least 4 members (excludes halogenated alkanes) is 10. The number of hydrogen-bond acceptors (Lipinski definition) is 5. The standard InChI is InChI=1S/C38H48O5/c1-3-5-7-9-10-11-12-14-30-42-35-24-20-33(21-25-35)38(40)43-36-26-18-32(19-27-36)37(39)28-17-31-15-22-34(23-16-31)41-29-13-8-6-4-2/h15-28H,3-14,29-30H2,1-2H3/b28-17+. The van der Waals surface area contributed by atoms with Crippen molar-refractivity contribution < 1.29 is 23.8 Å². The Morgan fingerprint density at radius 2 is 0.977 bits per heavy atom. The van der Waals surface area contributed by atoms with Crippen molar-refractivity contribution in [3.63, 3.8) is 0 Å². The number of carbonyl (C=O) groups is 2. The maximum Gasteiger partial charge on any atom is 0.343 e. The predicted molar refractivity (Wildman–Crippen MR) is 175 cm³/mol. The first-order valence-electron chi connectivity index (χ1n) is 16.1. The van der Waals surface area contributed by atoms with Crippen molar-refractivity contribution in [2.75, 3.05) is 13.2 Å². The topological polar surface area (TPSA) is 61.8 Å². The Labute approximate surface area is 258 Å². The van der Waals surface area contributed by atoms with Crippen LogP contribution in [0.5, 0.6) is 17.2 Å². The molecular weight excluding hydrogens is 536 g/mol. The van der Waals surface area contributed by atoms with Crippen LogP contribution in [0.2, 0.25) is 0 Å². The summed E-state index contributed by atoms with van der Waals surface area (Å²) in [5, 5.41) is 0. The molecule has 0 N–H and O–H groups in total. The number of ether oxygens (including phenoxy) is 3. The number of benzene rings is 3. The number of ketones is 1. The Kier molecular flexibility index (Phi) is 15.7. The summed E-state index contributed by atoms with van der Waals surface area (Å²) in [6.07, 6.45) is 18.1. The van der Waals surface area contributed by atoms with Gasteiger partial charge in [0.05, 0.1) is 18.8 Å². The molecule has 0 saturated carbocycles. The number of rotatable bonds is 21. The summed E-state index contributed by atoms with van der Waals surface area (Å²) in [6, 6.07) is 21.3. The second-order valence-corrected chi connectivity index (χ2v) is 10.9. The van der Waals surface area contributed by atoms with E-state index in [0.717, 1.165) is 36.5 Å². The summed E-state index contributed by atoms with van der Waals surface area (Å²) in [5.41, 5.74) is 1.87. The van der Waals surface area contributed by atoms with E-state index in [9.17, 15) is 9.59 Å². The quantitative estimate of drug-likeness (QED) is 0.0410. The molecule has 0 saturated heterocycles. The zero-order valence-corrected chi connectivity index (χ0v) is 26.0. The highest BCUT2D eigenvalue weighted by molar-refractivity contribution is 6.06. The highest BCUT2D eigenvalue weighted by Gasteiger charge is 2.10. The molecule has 0 bridgehead atoms. The average Bonchev–Trinajstić information content (AvgIpc) is 3.04. The second-order valence-electron chi connectivity index (χ2n) is 10.9. The minimum atomic E-state index is -0.456. The van der Waals surface area contributed by atoms with Gasteiger partial charge >= 0.3 is 5.97 Å². The first-order chi connectivity index (χ1) is 21.1. The monoisotopic (exact) mass is 584 g/mol. The first kappa shape index (κ1) is 33.6. The molecule has 0 aliphatic rings. The van der Waals surface area contributed by atoms with E-state index >= 15 is 0 Å². The van der Waals surface area contributed by atoms with Gasteiger partial charge < -0.3 is 14.2 Å². The van der Waals surface area contributed by atoms with Crippen molar-refractivity contribution in [3.8, 4) is 17.2 Å². The third-order valence-corrected chi connectivity index (χ3v) is 7.28. The minimum Gasteiger partial charge on any atom is -0.494 e. The summed E-state index contributed by atoms with van der Waals surface area (Å²) in [6.45, 7) is 5.84. The molecule has 43 heavy (non-hydrogen) atoms. The van der Waals surface area contributed by atoms with Gasteiger partial charge in [-0.1, -0.05) is 96.3 Å². The van der Waals surface area contributed by atoms with Crippen LogP contribution in [0.25, 0.3) is 6.08 Å². The summed E-state index contributed by atoms with van der Waals surface area (Å²) >= 11 is 0. The van der Waals surface area contributed by atoms with Crippen molar-refractivity contribution in [1.82, 2.24) is 0 Å². The molecule has 3 aromatic carbocycles. The molecule has 0 aliphatic heterocycles. The maximum absolute atomic E-state index is 12.6. The van der Waals surface area contributed by atoms with E-state index < -0.39 is 5.97 Å². The van der Waals surface area contributed by atoms with Gasteiger partial charge in [-0.15, -0.1) is 0 Å². The lowest BCUT2D eigenvalue weighted by Gasteiger charge is -2.08. The van der Waals surface area contributed by atoms with Crippen LogP contribution in [0.15, 0.2) is 78.9 Å². The van der Waals surface area contributed by atoms with E-state index in [2.05, 4.69) is 13.8 Å². The van der Waals surface area contributed by atoms with Crippen LogP contribution in [0.1, 0.15) is 117 Å². The molecule has 0 aromatic heterocycles. The van der Waals surface area contributed by atoms with Crippen LogP contribution in [-0.2, 0) is 0 Å². The third-order valence-electron chi connectivity index (χ3n) is 7.28. The summed E-state index contributed by atoms with van der Waals surface area (Å²) in [7, 11) is 0. The van der Waals surface area contributed by atoms with Crippen LogP contribution in [0.4, 0.5) is 0 Å². The first-order valence-corrected chi connectivity index (χ1v) is 16.1. The van der Waals surface area contributed by atoms with E-state index in [1.165, 1.54) is 64.2 Å². The predicted octanol–water partition coefficient (Wildman–Crippen LogP) is 10.3. The Morgan fingerprint density at radius 3 is 1.53 bits per heavy atom. The lowest BCUT2D eigenvalue weighted by Crippen LogP contribution is -2.08. The van der Waals surface area contributed by atoms with Gasteiger partial charge in [-0.25, -0.2) is 4.79 Å². The molecule has 0 fully saturated rings. The lowest BCUT2D eigenvalue weighted by atomic mass is 10.1. The molecule has 0 amide bonds. The summed E-state index contributed by atoms with van der Waals surface area (Å²) < 4.78 is 17.1. The molecule has 5 heteroatoms. The van der Waals surface area contributed by atoms with Crippen molar-refractivity contribution >= 4 is 17.8 Å². The Bertz CT molecular complexity index is 1230. The summed E-state index contributed by atoms with van der Waals surface area (Å²) in [5.74, 6) is 1.38. The van der Waals surface area contributed by atoms with Gasteiger partial charge in [0, 0.05) is 5.56 Å². The highest BCUT2D eigenvalue weighted by Crippen LogP contribution is 2.19. The molecule has 0 unspecified atom stereocenters. The fourth-order valence-electron chi connectivity index (χ4n) is 4.63. The van der Waals surface area contributed by atoms with E-state index in [1.54, 1.807) is 60.7 Å². The van der Waals surface area contributed by atoms with Gasteiger partial charge in [0.2, 0.25) is 0 Å². The molecule has 230 valence electrons. The van der Waals surface area contributed by atoms with E-state index in [4.69, 9.17) is 14.2 Å². The molecule has 3 rings (SSSR count). The molecular formula is C38H48O5. The average molecular weight is 585 g/mol. The Morgan fingerprint density at radius 1 is 0.535 bits per heavy atom. The fourth-order valence-corrected chi connectivity index (χ4v) is 4.63. The lowest BCUT2D eigenvalue weighted by molar-refractivity contribution is 0.0734. The van der Waals surface area contributed by atoms with Crippen LogP contribution >= 0.6 is 0 Å². The zero-order chi connectivity index (χ0) is 30.5. The van der Waals surface area contributed by atoms with Crippen LogP contribution < -0.4 is 14.2 Å². The Balaban J connectivity index is 1.37. The van der Waals surface area contributed by atoms with Gasteiger partial charge in [0.15, 0.2) is 5.78 Å². The highest BCUT2D eigenvalue weighted by atomic mass is 16.5. The van der Waals surface area contributed by atoms with Crippen LogP contribution in [-0.4, -0.2) is 25.0 Å². The number of allylic oxidation sites excluding steroid dienone is 1. The summed E-state index contributed by atoms with van der Waals surface area (Å²) in [4.78, 5) is 25.2. The normalized spacial score (nSPS) is 11.0. The van der Waals surface area contributed by atoms with E-state index in [0.29, 0.717) is 23.5 Å². The molecule has 0 radical (unpaired) electrons. The van der Waals surface area contributed by atoms with Crippen molar-refractivity contribution in [3.05, 3.63) is 95.6 Å². The van der Waals surface area contributed by atoms with Gasteiger partial charge in [0.25, 0.3) is 0 Å². The number of carbonyl (C=O) groups excluding carboxylic acids is 2. The van der Waals surface area contributed by atoms with Gasteiger partial charge in [-0.3, -0.25) is 4.79 Å². The molecule has 0 atom stereocenters. The zero-order valence-electron chi connectivity index (χ0n) is 26.0. The van der Waals surface area contributed by atoms with Crippen molar-refractivity contribution in [1.29, 1.82) is 0 Å². The number of esters is 1. The second kappa shape index (κ2) is 20.1. The maximum atomic E-state index is 12.6. The molecule has 5 nitrogen and oxygen atoms in total. The van der Waals surface area contributed by atoms with Crippen molar-refractivity contribution in [2.45, 2.75) is 90.9 Å². The molecule has 3 aromatic rings. The molecule has 0 heterocycles. The van der Waals surface area contributed by atoms with Crippen molar-refractivity contribution in [2.24, 2.45) is 0 Å². The van der Waals surface area contributed by atoms with E-state index in [-0.39, 0.29) is 5.78 Å². The smallest absolute Gasteiger partial charge is 0.343 e. The molecule has 0 aliphatic carbocycles. The van der Waals surface area contributed by atoms with Crippen LogP contribution in [0.3, 0.4) is 0 Å². The fraction of sp³-hybridized carbons (Fsp3) is 0.421. The third kappa shape index (κ3) is 13.3. The number of hydrogen-bond donors (Lipinski definition) is 0. The van der Waals surface area contributed by atoms with Crippen LogP contribution in [0, 0.1) is 0 Å². The SMILES string of the molecule is CCCCCCCCCCOc1ccc(C(=O)Oc2ccc(C(=O)/C=C/c3ccc(OCCCCCC)cc3)cc2)cc1.